The number of hydrogen-bond donors (Lipinski definition) is 2. The maximum atomic E-state index is 11.0. The zero-order chi connectivity index (χ0) is 15.3. The van der Waals surface area contributed by atoms with Gasteiger partial charge in [0.15, 0.2) is 0 Å². The van der Waals surface area contributed by atoms with Gasteiger partial charge < -0.3 is 10.4 Å². The van der Waals surface area contributed by atoms with Gasteiger partial charge in [0.05, 0.1) is 5.03 Å². The number of carboxylic acids is 1. The third kappa shape index (κ3) is 5.21. The molecule has 20 heavy (non-hydrogen) atoms. The van der Waals surface area contributed by atoms with Gasteiger partial charge in [-0.2, -0.15) is 0 Å². The van der Waals surface area contributed by atoms with Crippen LogP contribution in [0.4, 0.5) is 0 Å². The lowest BCUT2D eigenvalue weighted by atomic mass is 9.88. The maximum absolute atomic E-state index is 11.0. The lowest BCUT2D eigenvalue weighted by molar-refractivity contribution is -0.140. The summed E-state index contributed by atoms with van der Waals surface area (Å²) in [5.41, 5.74) is 1.16. The minimum Gasteiger partial charge on any atom is -0.480 e. The van der Waals surface area contributed by atoms with Crippen molar-refractivity contribution in [1.82, 2.24) is 10.3 Å². The summed E-state index contributed by atoms with van der Waals surface area (Å²) in [6, 6.07) is 2.96. The molecule has 1 heterocycles. The first-order chi connectivity index (χ1) is 9.20. The molecule has 0 aliphatic carbocycles. The molecule has 0 saturated carbocycles. The molecule has 0 radical (unpaired) electrons. The summed E-state index contributed by atoms with van der Waals surface area (Å²) in [7, 11) is 0. The number of amides is 1. The Morgan fingerprint density at radius 2 is 2.05 bits per heavy atom. The van der Waals surface area contributed by atoms with Crippen molar-refractivity contribution in [3.63, 3.8) is 0 Å². The molecule has 0 aromatic carbocycles. The Kier molecular flexibility index (Phi) is 5.56. The quantitative estimate of drug-likeness (QED) is 0.813. The first kappa shape index (κ1) is 16.5. The summed E-state index contributed by atoms with van der Waals surface area (Å²) in [5.74, 6) is -1.15. The summed E-state index contributed by atoms with van der Waals surface area (Å²) < 4.78 is 0. The van der Waals surface area contributed by atoms with Crippen LogP contribution in [0.25, 0.3) is 0 Å². The number of nitrogens with zero attached hydrogens (tertiary/aromatic N) is 1. The average Bonchev–Trinajstić information content (AvgIpc) is 2.33. The van der Waals surface area contributed by atoms with Crippen molar-refractivity contribution in [3.05, 3.63) is 23.9 Å². The lowest BCUT2D eigenvalue weighted by Gasteiger charge is -2.18. The van der Waals surface area contributed by atoms with E-state index >= 15 is 0 Å². The second-order valence-corrected chi connectivity index (χ2v) is 6.58. The standard InChI is InChI=1S/C14H20N2O3S/c1-9(17)16-11(13(18)19)8-20-12-6-5-10(7-15-12)14(2,3)4/h5-7,11H,8H2,1-4H3,(H,16,17)(H,18,19)/t11-/m0/s1. The number of aliphatic carboxylic acids is 1. The Labute approximate surface area is 123 Å². The molecule has 0 bridgehead atoms. The molecule has 0 spiro atoms. The van der Waals surface area contributed by atoms with Crippen LogP contribution in [0.3, 0.4) is 0 Å². The topological polar surface area (TPSA) is 79.3 Å². The van der Waals surface area contributed by atoms with Crippen molar-refractivity contribution in [3.8, 4) is 0 Å². The van der Waals surface area contributed by atoms with Crippen LogP contribution in [0.2, 0.25) is 0 Å². The van der Waals surface area contributed by atoms with Crippen molar-refractivity contribution >= 4 is 23.6 Å². The predicted octanol–water partition coefficient (Wildman–Crippen LogP) is 2.06. The lowest BCUT2D eigenvalue weighted by Crippen LogP contribution is -2.41. The normalized spacial score (nSPS) is 12.8. The number of carbonyl (C=O) groups excluding carboxylic acids is 1. The highest BCUT2D eigenvalue weighted by Gasteiger charge is 2.19. The van der Waals surface area contributed by atoms with Crippen LogP contribution in [0.5, 0.6) is 0 Å². The van der Waals surface area contributed by atoms with E-state index in [2.05, 4.69) is 31.1 Å². The molecule has 0 unspecified atom stereocenters. The third-order valence-corrected chi connectivity index (χ3v) is 3.71. The van der Waals surface area contributed by atoms with Gasteiger partial charge in [-0.05, 0) is 17.0 Å². The van der Waals surface area contributed by atoms with E-state index in [0.717, 1.165) is 10.6 Å². The van der Waals surface area contributed by atoms with Crippen LogP contribution >= 0.6 is 11.8 Å². The molecule has 2 N–H and O–H groups in total. The molecule has 1 atom stereocenters. The van der Waals surface area contributed by atoms with Gasteiger partial charge in [0, 0.05) is 18.9 Å². The van der Waals surface area contributed by atoms with Crippen LogP contribution in [-0.4, -0.2) is 33.8 Å². The van der Waals surface area contributed by atoms with E-state index in [0.29, 0.717) is 0 Å². The molecule has 0 aliphatic heterocycles. The molecule has 6 heteroatoms. The summed E-state index contributed by atoms with van der Waals surface area (Å²) in [4.78, 5) is 26.2. The number of aromatic nitrogens is 1. The number of carbonyl (C=O) groups is 2. The van der Waals surface area contributed by atoms with Gasteiger partial charge in [-0.15, -0.1) is 11.8 Å². The van der Waals surface area contributed by atoms with E-state index in [-0.39, 0.29) is 17.1 Å². The SMILES string of the molecule is CC(=O)N[C@@H](CSc1ccc(C(C)(C)C)cn1)C(=O)O. The van der Waals surface area contributed by atoms with E-state index in [9.17, 15) is 9.59 Å². The first-order valence-electron chi connectivity index (χ1n) is 6.29. The zero-order valence-electron chi connectivity index (χ0n) is 12.1. The third-order valence-electron chi connectivity index (χ3n) is 2.68. The first-order valence-corrected chi connectivity index (χ1v) is 7.28. The largest absolute Gasteiger partial charge is 0.480 e. The minimum absolute atomic E-state index is 0.0377. The number of rotatable bonds is 5. The van der Waals surface area contributed by atoms with Gasteiger partial charge in [-0.25, -0.2) is 9.78 Å². The molecule has 1 rings (SSSR count). The van der Waals surface area contributed by atoms with Gasteiger partial charge >= 0.3 is 5.97 Å². The molecule has 5 nitrogen and oxygen atoms in total. The van der Waals surface area contributed by atoms with Crippen LogP contribution in [0.15, 0.2) is 23.4 Å². The van der Waals surface area contributed by atoms with Crippen LogP contribution in [0, 0.1) is 0 Å². The molecular weight excluding hydrogens is 276 g/mol. The molecule has 110 valence electrons. The van der Waals surface area contributed by atoms with Crippen molar-refractivity contribution in [2.24, 2.45) is 0 Å². The van der Waals surface area contributed by atoms with E-state index < -0.39 is 12.0 Å². The second-order valence-electron chi connectivity index (χ2n) is 5.54. The van der Waals surface area contributed by atoms with Gasteiger partial charge in [-0.1, -0.05) is 26.8 Å². The summed E-state index contributed by atoms with van der Waals surface area (Å²) in [5, 5.41) is 12.1. The Morgan fingerprint density at radius 3 is 2.45 bits per heavy atom. The van der Waals surface area contributed by atoms with E-state index in [1.54, 1.807) is 6.20 Å². The highest BCUT2D eigenvalue weighted by atomic mass is 32.2. The highest BCUT2D eigenvalue weighted by molar-refractivity contribution is 7.99. The van der Waals surface area contributed by atoms with Gasteiger partial charge in [0.25, 0.3) is 0 Å². The van der Waals surface area contributed by atoms with E-state index in [1.165, 1.54) is 18.7 Å². The van der Waals surface area contributed by atoms with Crippen molar-refractivity contribution in [2.75, 3.05) is 5.75 Å². The smallest absolute Gasteiger partial charge is 0.327 e. The maximum Gasteiger partial charge on any atom is 0.327 e. The molecule has 1 aromatic heterocycles. The fourth-order valence-corrected chi connectivity index (χ4v) is 2.35. The Balaban J connectivity index is 2.64. The molecule has 1 amide bonds. The van der Waals surface area contributed by atoms with Crippen molar-refractivity contribution < 1.29 is 14.7 Å². The highest BCUT2D eigenvalue weighted by Crippen LogP contribution is 2.23. The van der Waals surface area contributed by atoms with Gasteiger partial charge in [0.1, 0.15) is 6.04 Å². The Bertz CT molecular complexity index is 480. The van der Waals surface area contributed by atoms with Crippen LogP contribution in [-0.2, 0) is 15.0 Å². The minimum atomic E-state index is -1.04. The zero-order valence-corrected chi connectivity index (χ0v) is 13.0. The molecule has 0 fully saturated rings. The van der Waals surface area contributed by atoms with Gasteiger partial charge in [0.2, 0.25) is 5.91 Å². The number of pyridine rings is 1. The molecule has 1 aromatic rings. The van der Waals surface area contributed by atoms with Crippen molar-refractivity contribution in [2.45, 2.75) is 44.2 Å². The second kappa shape index (κ2) is 6.74. The predicted molar refractivity (Wildman–Crippen MR) is 78.9 cm³/mol. The summed E-state index contributed by atoms with van der Waals surface area (Å²) in [6.45, 7) is 7.62. The monoisotopic (exact) mass is 296 g/mol. The summed E-state index contributed by atoms with van der Waals surface area (Å²) >= 11 is 1.31. The molecule has 0 saturated heterocycles. The molecular formula is C14H20N2O3S. The number of hydrogen-bond acceptors (Lipinski definition) is 4. The van der Waals surface area contributed by atoms with E-state index in [4.69, 9.17) is 5.11 Å². The van der Waals surface area contributed by atoms with E-state index in [1.807, 2.05) is 12.1 Å². The Hall–Kier alpha value is -1.56. The average molecular weight is 296 g/mol. The van der Waals surface area contributed by atoms with Gasteiger partial charge in [-0.3, -0.25) is 4.79 Å². The van der Waals surface area contributed by atoms with Crippen LogP contribution in [0.1, 0.15) is 33.3 Å². The summed E-state index contributed by atoms with van der Waals surface area (Å²) in [6.07, 6.45) is 1.80. The fourth-order valence-electron chi connectivity index (χ4n) is 1.50. The Morgan fingerprint density at radius 1 is 1.40 bits per heavy atom. The van der Waals surface area contributed by atoms with Crippen LogP contribution < -0.4 is 5.32 Å². The number of nitrogens with one attached hydrogen (secondary N) is 1. The van der Waals surface area contributed by atoms with Crippen molar-refractivity contribution in [1.29, 1.82) is 0 Å². The molecule has 0 aliphatic rings. The number of carboxylic acid groups (broad SMARTS) is 1. The number of thioether (sulfide) groups is 1. The fraction of sp³-hybridized carbons (Fsp3) is 0.500.